The second kappa shape index (κ2) is 6.18. The van der Waals surface area contributed by atoms with Crippen LogP contribution in [-0.4, -0.2) is 11.7 Å². The van der Waals surface area contributed by atoms with Gasteiger partial charge < -0.3 is 10.4 Å². The highest BCUT2D eigenvalue weighted by molar-refractivity contribution is 7.07. The average Bonchev–Trinajstić information content (AvgIpc) is 2.89. The summed E-state index contributed by atoms with van der Waals surface area (Å²) in [6.45, 7) is 0.396. The van der Waals surface area contributed by atoms with Crippen LogP contribution >= 0.6 is 11.3 Å². The van der Waals surface area contributed by atoms with E-state index in [1.807, 2.05) is 10.8 Å². The molecule has 6 heteroatoms. The number of aliphatic hydroxyl groups excluding tert-OH is 1. The van der Waals surface area contributed by atoms with E-state index in [4.69, 9.17) is 0 Å². The lowest BCUT2D eigenvalue weighted by Gasteiger charge is -2.10. The second-order valence-corrected chi connectivity index (χ2v) is 4.86. The molecule has 0 aliphatic heterocycles. The van der Waals surface area contributed by atoms with Gasteiger partial charge in [0.15, 0.2) is 17.5 Å². The lowest BCUT2D eigenvalue weighted by molar-refractivity contribution is 0.175. The van der Waals surface area contributed by atoms with Crippen molar-refractivity contribution in [2.24, 2.45) is 0 Å². The van der Waals surface area contributed by atoms with Gasteiger partial charge in [-0.2, -0.15) is 11.3 Å². The molecule has 0 bridgehead atoms. The van der Waals surface area contributed by atoms with Gasteiger partial charge in [0.25, 0.3) is 0 Å². The van der Waals surface area contributed by atoms with Gasteiger partial charge in [-0.3, -0.25) is 0 Å². The predicted molar refractivity (Wildman–Crippen MR) is 67.3 cm³/mol. The second-order valence-electron chi connectivity index (χ2n) is 4.08. The fraction of sp³-hybridized carbons (Fsp3) is 0.231. The summed E-state index contributed by atoms with van der Waals surface area (Å²) in [6.07, 6.45) is -0.679. The molecule has 1 heterocycles. The van der Waals surface area contributed by atoms with E-state index >= 15 is 0 Å². The zero-order valence-corrected chi connectivity index (χ0v) is 10.7. The Morgan fingerprint density at radius 1 is 1.21 bits per heavy atom. The summed E-state index contributed by atoms with van der Waals surface area (Å²) in [4.78, 5) is 0. The van der Waals surface area contributed by atoms with E-state index < -0.39 is 23.6 Å². The van der Waals surface area contributed by atoms with Crippen LogP contribution in [0.2, 0.25) is 0 Å². The van der Waals surface area contributed by atoms with Crippen molar-refractivity contribution in [1.82, 2.24) is 5.32 Å². The molecule has 0 saturated heterocycles. The van der Waals surface area contributed by atoms with Crippen LogP contribution in [0.3, 0.4) is 0 Å². The Balaban J connectivity index is 1.89. The van der Waals surface area contributed by atoms with Gasteiger partial charge in [-0.1, -0.05) is 0 Å². The summed E-state index contributed by atoms with van der Waals surface area (Å²) in [6, 6.07) is 3.67. The standard InChI is InChI=1S/C13H12F3NOS/c14-10-3-8(4-11(15)13(10)16)5-17-6-12(18)9-1-2-19-7-9/h1-4,7,12,17-18H,5-6H2. The van der Waals surface area contributed by atoms with Gasteiger partial charge in [0, 0.05) is 13.1 Å². The van der Waals surface area contributed by atoms with Crippen LogP contribution in [0, 0.1) is 17.5 Å². The minimum atomic E-state index is -1.47. The molecular formula is C13H12F3NOS. The molecule has 1 atom stereocenters. The van der Waals surface area contributed by atoms with Crippen molar-refractivity contribution in [3.8, 4) is 0 Å². The molecule has 2 nitrogen and oxygen atoms in total. The molecule has 0 radical (unpaired) electrons. The number of hydrogen-bond acceptors (Lipinski definition) is 3. The van der Waals surface area contributed by atoms with E-state index in [-0.39, 0.29) is 18.7 Å². The van der Waals surface area contributed by atoms with Gasteiger partial charge in [-0.05, 0) is 40.1 Å². The molecule has 2 aromatic rings. The number of aliphatic hydroxyl groups is 1. The molecule has 0 aliphatic carbocycles. The van der Waals surface area contributed by atoms with Crippen LogP contribution in [0.15, 0.2) is 29.0 Å². The van der Waals surface area contributed by atoms with Gasteiger partial charge in [-0.15, -0.1) is 0 Å². The van der Waals surface area contributed by atoms with E-state index in [1.54, 1.807) is 6.07 Å². The third-order valence-electron chi connectivity index (χ3n) is 2.64. The lowest BCUT2D eigenvalue weighted by Crippen LogP contribution is -2.21. The van der Waals surface area contributed by atoms with Crippen LogP contribution in [0.4, 0.5) is 13.2 Å². The molecule has 2 rings (SSSR count). The quantitative estimate of drug-likeness (QED) is 0.829. The van der Waals surface area contributed by atoms with Crippen molar-refractivity contribution < 1.29 is 18.3 Å². The van der Waals surface area contributed by atoms with Crippen molar-refractivity contribution in [1.29, 1.82) is 0 Å². The van der Waals surface area contributed by atoms with Gasteiger partial charge >= 0.3 is 0 Å². The predicted octanol–water partition coefficient (Wildman–Crippen LogP) is 2.99. The number of halogens is 3. The highest BCUT2D eigenvalue weighted by Crippen LogP contribution is 2.16. The Kier molecular flexibility index (Phi) is 4.57. The molecule has 0 spiro atoms. The molecule has 0 aliphatic rings. The Morgan fingerprint density at radius 2 is 1.89 bits per heavy atom. The first-order valence-corrected chi connectivity index (χ1v) is 6.56. The third kappa shape index (κ3) is 3.56. The van der Waals surface area contributed by atoms with Crippen molar-refractivity contribution in [2.75, 3.05) is 6.54 Å². The maximum atomic E-state index is 13.0. The smallest absolute Gasteiger partial charge is 0.194 e. The molecule has 19 heavy (non-hydrogen) atoms. The number of benzene rings is 1. The Labute approximate surface area is 112 Å². The highest BCUT2D eigenvalue weighted by atomic mass is 32.1. The zero-order chi connectivity index (χ0) is 13.8. The molecule has 0 fully saturated rings. The lowest BCUT2D eigenvalue weighted by atomic mass is 10.1. The number of hydrogen-bond donors (Lipinski definition) is 2. The molecular weight excluding hydrogens is 275 g/mol. The van der Waals surface area contributed by atoms with Crippen LogP contribution < -0.4 is 5.32 Å². The third-order valence-corrected chi connectivity index (χ3v) is 3.34. The van der Waals surface area contributed by atoms with Crippen molar-refractivity contribution in [3.63, 3.8) is 0 Å². The van der Waals surface area contributed by atoms with Crippen molar-refractivity contribution in [3.05, 3.63) is 57.5 Å². The Morgan fingerprint density at radius 3 is 2.47 bits per heavy atom. The largest absolute Gasteiger partial charge is 0.387 e. The van der Waals surface area contributed by atoms with Crippen LogP contribution in [0.25, 0.3) is 0 Å². The fourth-order valence-electron chi connectivity index (χ4n) is 1.65. The Bertz CT molecular complexity index is 522. The highest BCUT2D eigenvalue weighted by Gasteiger charge is 2.11. The van der Waals surface area contributed by atoms with E-state index in [9.17, 15) is 18.3 Å². The minimum Gasteiger partial charge on any atom is -0.387 e. The van der Waals surface area contributed by atoms with E-state index in [0.717, 1.165) is 17.7 Å². The summed E-state index contributed by atoms with van der Waals surface area (Å²) in [7, 11) is 0. The zero-order valence-electron chi connectivity index (χ0n) is 9.87. The first-order chi connectivity index (χ1) is 9.08. The van der Waals surface area contributed by atoms with Gasteiger partial charge in [-0.25, -0.2) is 13.2 Å². The molecule has 0 saturated carbocycles. The molecule has 1 aromatic carbocycles. The number of thiophene rings is 1. The number of nitrogens with one attached hydrogen (secondary N) is 1. The maximum Gasteiger partial charge on any atom is 0.194 e. The van der Waals surface area contributed by atoms with Crippen LogP contribution in [0.1, 0.15) is 17.2 Å². The Hall–Kier alpha value is -1.37. The molecule has 1 aromatic heterocycles. The normalized spacial score (nSPS) is 12.6. The minimum absolute atomic E-state index is 0.148. The first-order valence-electron chi connectivity index (χ1n) is 5.62. The summed E-state index contributed by atoms with van der Waals surface area (Å²) in [5, 5.41) is 16.3. The fourth-order valence-corrected chi connectivity index (χ4v) is 2.35. The number of rotatable bonds is 5. The van der Waals surface area contributed by atoms with Gasteiger partial charge in [0.1, 0.15) is 0 Å². The van der Waals surface area contributed by atoms with E-state index in [2.05, 4.69) is 5.32 Å². The molecule has 102 valence electrons. The molecule has 0 amide bonds. The molecule has 1 unspecified atom stereocenters. The SMILES string of the molecule is OC(CNCc1cc(F)c(F)c(F)c1)c1ccsc1. The maximum absolute atomic E-state index is 13.0. The molecule has 2 N–H and O–H groups in total. The van der Waals surface area contributed by atoms with Crippen molar-refractivity contribution >= 4 is 11.3 Å². The summed E-state index contributed by atoms with van der Waals surface area (Å²) >= 11 is 1.47. The summed E-state index contributed by atoms with van der Waals surface area (Å²) in [5.74, 6) is -3.90. The monoisotopic (exact) mass is 287 g/mol. The van der Waals surface area contributed by atoms with E-state index in [0.29, 0.717) is 0 Å². The topological polar surface area (TPSA) is 32.3 Å². The van der Waals surface area contributed by atoms with Crippen LogP contribution in [-0.2, 0) is 6.54 Å². The summed E-state index contributed by atoms with van der Waals surface area (Å²) < 4.78 is 38.7. The van der Waals surface area contributed by atoms with E-state index in [1.165, 1.54) is 11.3 Å². The summed E-state index contributed by atoms with van der Waals surface area (Å²) in [5.41, 5.74) is 1.07. The van der Waals surface area contributed by atoms with Crippen LogP contribution in [0.5, 0.6) is 0 Å². The average molecular weight is 287 g/mol. The van der Waals surface area contributed by atoms with Crippen molar-refractivity contribution in [2.45, 2.75) is 12.6 Å². The first kappa shape index (κ1) is 14.0. The van der Waals surface area contributed by atoms with Gasteiger partial charge in [0.2, 0.25) is 0 Å². The van der Waals surface area contributed by atoms with Gasteiger partial charge in [0.05, 0.1) is 6.10 Å².